The second-order valence-corrected chi connectivity index (χ2v) is 5.75. The van der Waals surface area contributed by atoms with Crippen molar-refractivity contribution in [1.82, 2.24) is 19.4 Å². The van der Waals surface area contributed by atoms with Crippen LogP contribution in [-0.4, -0.2) is 51.3 Å². The standard InChI is InChI=1S/C16H20N4O2/c1-18(9-10-20-15(21)7-8-16(20)22)11-14-17-12-5-3-4-6-13(12)19(14)2/h3-6H,7-11H2,1-2H3. The lowest BCUT2D eigenvalue weighted by Crippen LogP contribution is -2.36. The third kappa shape index (κ3) is 2.74. The van der Waals surface area contributed by atoms with Gasteiger partial charge in [0.05, 0.1) is 17.6 Å². The number of fused-ring (bicyclic) bond motifs is 1. The highest BCUT2D eigenvalue weighted by Crippen LogP contribution is 2.15. The zero-order valence-corrected chi connectivity index (χ0v) is 13.0. The first kappa shape index (κ1) is 14.7. The molecule has 0 atom stereocenters. The van der Waals surface area contributed by atoms with Crippen LogP contribution in [0.1, 0.15) is 18.7 Å². The van der Waals surface area contributed by atoms with Gasteiger partial charge in [-0.1, -0.05) is 12.1 Å². The van der Waals surface area contributed by atoms with E-state index < -0.39 is 0 Å². The molecule has 1 aliphatic heterocycles. The fourth-order valence-electron chi connectivity index (χ4n) is 2.80. The summed E-state index contributed by atoms with van der Waals surface area (Å²) in [5.41, 5.74) is 2.09. The van der Waals surface area contributed by atoms with E-state index in [0.29, 0.717) is 32.5 Å². The molecule has 22 heavy (non-hydrogen) atoms. The maximum atomic E-state index is 11.6. The summed E-state index contributed by atoms with van der Waals surface area (Å²) in [6.45, 7) is 1.79. The van der Waals surface area contributed by atoms with E-state index in [4.69, 9.17) is 0 Å². The normalized spacial score (nSPS) is 15.5. The number of benzene rings is 1. The van der Waals surface area contributed by atoms with Gasteiger partial charge in [0.1, 0.15) is 5.82 Å². The minimum Gasteiger partial charge on any atom is -0.330 e. The van der Waals surface area contributed by atoms with Gasteiger partial charge >= 0.3 is 0 Å². The first-order chi connectivity index (χ1) is 10.6. The van der Waals surface area contributed by atoms with Gasteiger partial charge in [-0.2, -0.15) is 0 Å². The number of likely N-dealkylation sites (tertiary alicyclic amines) is 1. The van der Waals surface area contributed by atoms with Crippen molar-refractivity contribution < 1.29 is 9.59 Å². The quantitative estimate of drug-likeness (QED) is 0.777. The largest absolute Gasteiger partial charge is 0.330 e. The molecule has 1 aromatic carbocycles. The molecule has 0 N–H and O–H groups in total. The van der Waals surface area contributed by atoms with Crippen LogP contribution in [0.25, 0.3) is 11.0 Å². The molecule has 1 aliphatic rings. The van der Waals surface area contributed by atoms with Crippen LogP contribution in [0.2, 0.25) is 0 Å². The summed E-state index contributed by atoms with van der Waals surface area (Å²) in [4.78, 5) is 31.3. The SMILES string of the molecule is CN(CCN1C(=O)CCC1=O)Cc1nc2ccccc2n1C. The number of carbonyl (C=O) groups is 2. The molecule has 6 heteroatoms. The summed E-state index contributed by atoms with van der Waals surface area (Å²) < 4.78 is 2.08. The molecule has 0 aliphatic carbocycles. The van der Waals surface area contributed by atoms with Crippen LogP contribution in [0.3, 0.4) is 0 Å². The molecule has 0 radical (unpaired) electrons. The average Bonchev–Trinajstić information content (AvgIpc) is 2.99. The van der Waals surface area contributed by atoms with Crippen molar-refractivity contribution in [2.45, 2.75) is 19.4 Å². The van der Waals surface area contributed by atoms with Gasteiger partial charge in [-0.05, 0) is 19.2 Å². The predicted molar refractivity (Wildman–Crippen MR) is 83.0 cm³/mol. The Morgan fingerprint density at radius 1 is 1.18 bits per heavy atom. The van der Waals surface area contributed by atoms with Crippen molar-refractivity contribution in [3.05, 3.63) is 30.1 Å². The van der Waals surface area contributed by atoms with Crippen LogP contribution in [0, 0.1) is 0 Å². The lowest BCUT2D eigenvalue weighted by atomic mass is 10.3. The molecule has 0 spiro atoms. The summed E-state index contributed by atoms with van der Waals surface area (Å²) in [6, 6.07) is 8.03. The van der Waals surface area contributed by atoms with Crippen molar-refractivity contribution in [3.8, 4) is 0 Å². The molecule has 2 amide bonds. The Morgan fingerprint density at radius 2 is 1.86 bits per heavy atom. The molecule has 6 nitrogen and oxygen atoms in total. The van der Waals surface area contributed by atoms with E-state index in [1.54, 1.807) is 0 Å². The number of rotatable bonds is 5. The van der Waals surface area contributed by atoms with E-state index in [-0.39, 0.29) is 11.8 Å². The first-order valence-corrected chi connectivity index (χ1v) is 7.48. The summed E-state index contributed by atoms with van der Waals surface area (Å²) in [5.74, 6) is 0.866. The number of para-hydroxylation sites is 2. The highest BCUT2D eigenvalue weighted by molar-refractivity contribution is 6.01. The molecule has 2 heterocycles. The molecule has 2 aromatic rings. The summed E-state index contributed by atoms with van der Waals surface area (Å²) in [5, 5.41) is 0. The third-order valence-corrected chi connectivity index (χ3v) is 4.15. The summed E-state index contributed by atoms with van der Waals surface area (Å²) in [6.07, 6.45) is 0.709. The van der Waals surface area contributed by atoms with Gasteiger partial charge in [0, 0.05) is 33.0 Å². The number of imide groups is 1. The summed E-state index contributed by atoms with van der Waals surface area (Å²) in [7, 11) is 3.98. The fourth-order valence-corrected chi connectivity index (χ4v) is 2.80. The summed E-state index contributed by atoms with van der Waals surface area (Å²) >= 11 is 0. The number of imidazole rings is 1. The zero-order valence-electron chi connectivity index (χ0n) is 13.0. The van der Waals surface area contributed by atoms with E-state index >= 15 is 0 Å². The molecule has 1 aromatic heterocycles. The minimum absolute atomic E-state index is 0.0545. The van der Waals surface area contributed by atoms with Gasteiger partial charge in [0.2, 0.25) is 11.8 Å². The second kappa shape index (κ2) is 5.88. The molecule has 3 rings (SSSR count). The zero-order chi connectivity index (χ0) is 15.7. The number of aromatic nitrogens is 2. The lowest BCUT2D eigenvalue weighted by Gasteiger charge is -2.20. The minimum atomic E-state index is -0.0545. The maximum Gasteiger partial charge on any atom is 0.229 e. The molecular formula is C16H20N4O2. The van der Waals surface area contributed by atoms with Crippen LogP contribution in [0.4, 0.5) is 0 Å². The Labute approximate surface area is 129 Å². The Kier molecular flexibility index (Phi) is 3.94. The highest BCUT2D eigenvalue weighted by Gasteiger charge is 2.28. The van der Waals surface area contributed by atoms with Crippen molar-refractivity contribution in [3.63, 3.8) is 0 Å². The molecular weight excluding hydrogens is 280 g/mol. The number of nitrogens with zero attached hydrogens (tertiary/aromatic N) is 4. The van der Waals surface area contributed by atoms with Gasteiger partial charge < -0.3 is 4.57 Å². The number of hydrogen-bond acceptors (Lipinski definition) is 4. The van der Waals surface area contributed by atoms with Gasteiger partial charge in [0.25, 0.3) is 0 Å². The molecule has 1 fully saturated rings. The van der Waals surface area contributed by atoms with Crippen molar-refractivity contribution in [1.29, 1.82) is 0 Å². The van der Waals surface area contributed by atoms with E-state index in [1.165, 1.54) is 4.90 Å². The third-order valence-electron chi connectivity index (χ3n) is 4.15. The Hall–Kier alpha value is -2.21. The number of aryl methyl sites for hydroxylation is 1. The molecule has 0 bridgehead atoms. The second-order valence-electron chi connectivity index (χ2n) is 5.75. The van der Waals surface area contributed by atoms with Crippen LogP contribution in [0.15, 0.2) is 24.3 Å². The maximum absolute atomic E-state index is 11.6. The van der Waals surface area contributed by atoms with Crippen LogP contribution < -0.4 is 0 Å². The van der Waals surface area contributed by atoms with Crippen LogP contribution in [0.5, 0.6) is 0 Å². The highest BCUT2D eigenvalue weighted by atomic mass is 16.2. The predicted octanol–water partition coefficient (Wildman–Crippen LogP) is 1.15. The van der Waals surface area contributed by atoms with Crippen LogP contribution in [-0.2, 0) is 23.2 Å². The number of likely N-dealkylation sites (N-methyl/N-ethyl adjacent to an activating group) is 1. The molecule has 1 saturated heterocycles. The Balaban J connectivity index is 1.63. The van der Waals surface area contributed by atoms with Crippen molar-refractivity contribution in [2.24, 2.45) is 7.05 Å². The molecule has 0 saturated carbocycles. The molecule has 0 unspecified atom stereocenters. The van der Waals surface area contributed by atoms with E-state index in [2.05, 4.69) is 14.5 Å². The van der Waals surface area contributed by atoms with E-state index in [0.717, 1.165) is 16.9 Å². The van der Waals surface area contributed by atoms with Gasteiger partial charge in [-0.15, -0.1) is 0 Å². The van der Waals surface area contributed by atoms with Gasteiger partial charge in [-0.25, -0.2) is 4.98 Å². The molecule has 116 valence electrons. The van der Waals surface area contributed by atoms with Crippen molar-refractivity contribution >= 4 is 22.8 Å². The first-order valence-electron chi connectivity index (χ1n) is 7.48. The number of carbonyl (C=O) groups excluding carboxylic acids is 2. The van der Waals surface area contributed by atoms with Crippen molar-refractivity contribution in [2.75, 3.05) is 20.1 Å². The number of hydrogen-bond donors (Lipinski definition) is 0. The number of amides is 2. The monoisotopic (exact) mass is 300 g/mol. The smallest absolute Gasteiger partial charge is 0.229 e. The van der Waals surface area contributed by atoms with E-state index in [1.807, 2.05) is 38.4 Å². The fraction of sp³-hybridized carbons (Fsp3) is 0.438. The van der Waals surface area contributed by atoms with Crippen LogP contribution >= 0.6 is 0 Å². The van der Waals surface area contributed by atoms with Gasteiger partial charge in [0.15, 0.2) is 0 Å². The van der Waals surface area contributed by atoms with Gasteiger partial charge in [-0.3, -0.25) is 19.4 Å². The topological polar surface area (TPSA) is 58.4 Å². The lowest BCUT2D eigenvalue weighted by molar-refractivity contribution is -0.138. The van der Waals surface area contributed by atoms with E-state index in [9.17, 15) is 9.59 Å². The average molecular weight is 300 g/mol. The Bertz CT molecular complexity index is 706. The Morgan fingerprint density at radius 3 is 2.55 bits per heavy atom.